The highest BCUT2D eigenvalue weighted by Gasteiger charge is 2.15. The fraction of sp³-hybridized carbons (Fsp3) is 0.667. The Morgan fingerprint density at radius 2 is 2.04 bits per heavy atom. The lowest BCUT2D eigenvalue weighted by atomic mass is 10.1. The molecule has 1 aromatic carbocycles. The Labute approximate surface area is 158 Å². The summed E-state index contributed by atoms with van der Waals surface area (Å²) in [6, 6.07) is 10.7. The molecule has 1 aliphatic heterocycles. The molecule has 1 heterocycles. The zero-order valence-corrected chi connectivity index (χ0v) is 16.2. The van der Waals surface area contributed by atoms with Crippen molar-refractivity contribution < 1.29 is 9.47 Å². The monoisotopic (exact) mass is 361 g/mol. The number of nitrogens with one attached hydrogen (secondary N) is 2. The molecule has 1 aliphatic rings. The van der Waals surface area contributed by atoms with Gasteiger partial charge in [0, 0.05) is 32.8 Å². The molecule has 2 N–H and O–H groups in total. The third kappa shape index (κ3) is 9.20. The minimum Gasteiger partial charge on any atom is -0.379 e. The van der Waals surface area contributed by atoms with Crippen molar-refractivity contribution in [1.29, 1.82) is 0 Å². The van der Waals surface area contributed by atoms with Gasteiger partial charge in [-0.15, -0.1) is 0 Å². The molecule has 26 heavy (non-hydrogen) atoms. The number of guanidine groups is 1. The van der Waals surface area contributed by atoms with E-state index in [4.69, 9.17) is 9.47 Å². The van der Waals surface area contributed by atoms with Crippen LogP contribution in [0.2, 0.25) is 0 Å². The molecule has 1 atom stereocenters. The first-order valence-electron chi connectivity index (χ1n) is 10.1. The van der Waals surface area contributed by atoms with Gasteiger partial charge in [-0.1, -0.05) is 36.8 Å². The number of aryl methyl sites for hydroxylation is 1. The lowest BCUT2D eigenvalue weighted by molar-refractivity contribution is 0.0424. The van der Waals surface area contributed by atoms with Gasteiger partial charge in [0.1, 0.15) is 0 Å². The summed E-state index contributed by atoms with van der Waals surface area (Å²) < 4.78 is 11.1. The Bertz CT molecular complexity index is 487. The lowest BCUT2D eigenvalue weighted by Gasteiger charge is -2.12. The van der Waals surface area contributed by atoms with E-state index < -0.39 is 0 Å². The van der Waals surface area contributed by atoms with Crippen LogP contribution in [0.25, 0.3) is 0 Å². The molecule has 2 rings (SSSR count). The van der Waals surface area contributed by atoms with Crippen LogP contribution in [0, 0.1) is 0 Å². The van der Waals surface area contributed by atoms with Crippen LogP contribution in [0.5, 0.6) is 0 Å². The van der Waals surface area contributed by atoms with Gasteiger partial charge in [0.2, 0.25) is 0 Å². The molecule has 5 nitrogen and oxygen atoms in total. The summed E-state index contributed by atoms with van der Waals surface area (Å²) in [7, 11) is 0. The molecule has 0 radical (unpaired) electrons. The van der Waals surface area contributed by atoms with Crippen LogP contribution in [0.15, 0.2) is 35.3 Å². The third-order valence-electron chi connectivity index (χ3n) is 4.44. The molecular weight excluding hydrogens is 326 g/mol. The summed E-state index contributed by atoms with van der Waals surface area (Å²) in [6.45, 7) is 7.08. The van der Waals surface area contributed by atoms with Gasteiger partial charge < -0.3 is 20.1 Å². The molecule has 1 fully saturated rings. The van der Waals surface area contributed by atoms with Gasteiger partial charge in [-0.3, -0.25) is 4.99 Å². The van der Waals surface area contributed by atoms with Crippen molar-refractivity contribution in [1.82, 2.24) is 10.6 Å². The van der Waals surface area contributed by atoms with Crippen LogP contribution in [-0.2, 0) is 15.9 Å². The van der Waals surface area contributed by atoms with Gasteiger partial charge in [-0.25, -0.2) is 0 Å². The van der Waals surface area contributed by atoms with Gasteiger partial charge in [-0.2, -0.15) is 0 Å². The van der Waals surface area contributed by atoms with E-state index in [9.17, 15) is 0 Å². The maximum atomic E-state index is 5.77. The molecule has 0 bridgehead atoms. The van der Waals surface area contributed by atoms with Crippen molar-refractivity contribution in [3.8, 4) is 0 Å². The highest BCUT2D eigenvalue weighted by Crippen LogP contribution is 2.08. The average molecular weight is 362 g/mol. The first-order valence-corrected chi connectivity index (χ1v) is 10.1. The number of rotatable bonds is 12. The van der Waals surface area contributed by atoms with E-state index in [1.54, 1.807) is 0 Å². The van der Waals surface area contributed by atoms with Gasteiger partial charge in [-0.05, 0) is 44.6 Å². The molecule has 0 amide bonds. The molecule has 1 saturated heterocycles. The first kappa shape index (κ1) is 20.7. The number of hydrogen-bond acceptors (Lipinski definition) is 3. The Balaban J connectivity index is 1.50. The zero-order valence-electron chi connectivity index (χ0n) is 16.2. The van der Waals surface area contributed by atoms with Gasteiger partial charge in [0.25, 0.3) is 0 Å². The van der Waals surface area contributed by atoms with Crippen LogP contribution >= 0.6 is 0 Å². The van der Waals surface area contributed by atoms with Crippen LogP contribution < -0.4 is 10.6 Å². The molecule has 5 heteroatoms. The lowest BCUT2D eigenvalue weighted by Crippen LogP contribution is -2.37. The standard InChI is InChI=1S/C21H35N3O2/c1-2-22-21(24-15-9-16-26-20-13-17-25-18-20)23-14-8-4-7-12-19-10-5-3-6-11-19/h3,5-6,10-11,20H,2,4,7-9,12-18H2,1H3,(H2,22,23,24). The van der Waals surface area contributed by atoms with Crippen molar-refractivity contribution >= 4 is 5.96 Å². The number of hydrogen-bond donors (Lipinski definition) is 2. The maximum absolute atomic E-state index is 5.77. The Morgan fingerprint density at radius 3 is 2.81 bits per heavy atom. The zero-order chi connectivity index (χ0) is 18.3. The number of unbranched alkanes of at least 4 members (excludes halogenated alkanes) is 2. The van der Waals surface area contributed by atoms with E-state index in [0.29, 0.717) is 6.10 Å². The summed E-state index contributed by atoms with van der Waals surface area (Å²) in [5.74, 6) is 0.916. The summed E-state index contributed by atoms with van der Waals surface area (Å²) in [5, 5.41) is 6.74. The summed E-state index contributed by atoms with van der Waals surface area (Å²) in [4.78, 5) is 4.63. The van der Waals surface area contributed by atoms with Crippen LogP contribution in [0.1, 0.15) is 44.6 Å². The fourth-order valence-corrected chi connectivity index (χ4v) is 2.97. The van der Waals surface area contributed by atoms with Crippen molar-refractivity contribution in [2.24, 2.45) is 4.99 Å². The molecule has 1 aromatic rings. The minimum atomic E-state index is 0.293. The smallest absolute Gasteiger partial charge is 0.191 e. The number of aliphatic imine (C=N–C) groups is 1. The fourth-order valence-electron chi connectivity index (χ4n) is 2.97. The van der Waals surface area contributed by atoms with E-state index in [1.165, 1.54) is 31.2 Å². The third-order valence-corrected chi connectivity index (χ3v) is 4.44. The highest BCUT2D eigenvalue weighted by molar-refractivity contribution is 5.79. The molecule has 0 spiro atoms. The number of ether oxygens (including phenoxy) is 2. The van der Waals surface area contributed by atoms with E-state index in [1.807, 2.05) is 0 Å². The first-order chi connectivity index (χ1) is 12.9. The normalized spacial score (nSPS) is 17.4. The van der Waals surface area contributed by atoms with E-state index in [-0.39, 0.29) is 0 Å². The average Bonchev–Trinajstić information content (AvgIpc) is 3.18. The summed E-state index contributed by atoms with van der Waals surface area (Å²) >= 11 is 0. The quantitative estimate of drug-likeness (QED) is 0.341. The molecule has 0 saturated carbocycles. The predicted molar refractivity (Wildman–Crippen MR) is 108 cm³/mol. The molecule has 1 unspecified atom stereocenters. The van der Waals surface area contributed by atoms with Gasteiger partial charge in [0.15, 0.2) is 5.96 Å². The summed E-state index contributed by atoms with van der Waals surface area (Å²) in [5.41, 5.74) is 1.43. The Kier molecular flexibility index (Phi) is 10.8. The SMILES string of the molecule is CCNC(=NCCCOC1CCOC1)NCCCCCc1ccccc1. The second-order valence-electron chi connectivity index (χ2n) is 6.69. The molecule has 0 aliphatic carbocycles. The highest BCUT2D eigenvalue weighted by atomic mass is 16.5. The minimum absolute atomic E-state index is 0.293. The van der Waals surface area contributed by atoms with E-state index in [0.717, 1.165) is 58.3 Å². The second kappa shape index (κ2) is 13.6. The predicted octanol–water partition coefficient (Wildman–Crippen LogP) is 3.15. The second-order valence-corrected chi connectivity index (χ2v) is 6.69. The number of benzene rings is 1. The van der Waals surface area contributed by atoms with Crippen LogP contribution in [-0.4, -0.2) is 51.5 Å². The van der Waals surface area contributed by atoms with Crippen molar-refractivity contribution in [2.75, 3.05) is 39.5 Å². The number of nitrogens with zero attached hydrogens (tertiary/aromatic N) is 1. The van der Waals surface area contributed by atoms with Crippen LogP contribution in [0.3, 0.4) is 0 Å². The van der Waals surface area contributed by atoms with Crippen molar-refractivity contribution in [3.63, 3.8) is 0 Å². The van der Waals surface area contributed by atoms with Gasteiger partial charge in [0.05, 0.1) is 12.7 Å². The molecular formula is C21H35N3O2. The van der Waals surface area contributed by atoms with Crippen LogP contribution in [0.4, 0.5) is 0 Å². The Morgan fingerprint density at radius 1 is 1.15 bits per heavy atom. The summed E-state index contributed by atoms with van der Waals surface area (Å²) in [6.07, 6.45) is 7.08. The van der Waals surface area contributed by atoms with E-state index >= 15 is 0 Å². The maximum Gasteiger partial charge on any atom is 0.191 e. The topological polar surface area (TPSA) is 54.9 Å². The molecule has 146 valence electrons. The largest absolute Gasteiger partial charge is 0.379 e. The van der Waals surface area contributed by atoms with E-state index in [2.05, 4.69) is 52.9 Å². The molecule has 0 aromatic heterocycles. The Hall–Kier alpha value is -1.59. The van der Waals surface area contributed by atoms with Gasteiger partial charge >= 0.3 is 0 Å². The van der Waals surface area contributed by atoms with Crippen molar-refractivity contribution in [3.05, 3.63) is 35.9 Å². The van der Waals surface area contributed by atoms with Crippen molar-refractivity contribution in [2.45, 2.75) is 51.6 Å².